The molecule has 5 nitrogen and oxygen atoms in total. The summed E-state index contributed by atoms with van der Waals surface area (Å²) in [7, 11) is 0. The molecule has 3 rings (SSSR count). The molecule has 0 aliphatic carbocycles. The molecule has 1 aliphatic rings. The van der Waals surface area contributed by atoms with E-state index < -0.39 is 11.9 Å². The lowest BCUT2D eigenvalue weighted by molar-refractivity contribution is -0.142. The van der Waals surface area contributed by atoms with Crippen LogP contribution in [0.1, 0.15) is 24.1 Å². The van der Waals surface area contributed by atoms with Crippen molar-refractivity contribution >= 4 is 11.9 Å². The third-order valence-corrected chi connectivity index (χ3v) is 5.19. The number of benzene rings is 2. The van der Waals surface area contributed by atoms with Crippen molar-refractivity contribution in [1.82, 2.24) is 10.2 Å². The largest absolute Gasteiger partial charge is 0.481 e. The second-order valence-corrected chi connectivity index (χ2v) is 7.34. The van der Waals surface area contributed by atoms with Gasteiger partial charge in [0.2, 0.25) is 5.91 Å². The van der Waals surface area contributed by atoms with Crippen LogP contribution in [-0.2, 0) is 16.0 Å². The first-order chi connectivity index (χ1) is 13.0. The number of nitrogens with zero attached hydrogens (tertiary/aromatic N) is 1. The molecule has 1 saturated heterocycles. The summed E-state index contributed by atoms with van der Waals surface area (Å²) in [5, 5.41) is 12.4. The topological polar surface area (TPSA) is 69.6 Å². The summed E-state index contributed by atoms with van der Waals surface area (Å²) in [6.07, 6.45) is 0.713. The highest BCUT2D eigenvalue weighted by Crippen LogP contribution is 2.23. The molecule has 3 atom stereocenters. The van der Waals surface area contributed by atoms with Crippen LogP contribution in [0.15, 0.2) is 60.7 Å². The Morgan fingerprint density at radius 1 is 1.07 bits per heavy atom. The van der Waals surface area contributed by atoms with E-state index in [4.69, 9.17) is 0 Å². The number of likely N-dealkylation sites (tertiary alicyclic amines) is 1. The van der Waals surface area contributed by atoms with Gasteiger partial charge in [-0.25, -0.2) is 0 Å². The van der Waals surface area contributed by atoms with Crippen LogP contribution in [0.4, 0.5) is 0 Å². The van der Waals surface area contributed by atoms with Crippen LogP contribution in [0, 0.1) is 11.8 Å². The normalized spacial score (nSPS) is 20.9. The smallest absolute Gasteiger partial charge is 0.308 e. The maximum absolute atomic E-state index is 12.7. The number of carbonyl (C=O) groups is 2. The molecule has 27 heavy (non-hydrogen) atoms. The van der Waals surface area contributed by atoms with Gasteiger partial charge >= 0.3 is 5.97 Å². The molecule has 0 bridgehead atoms. The van der Waals surface area contributed by atoms with Crippen molar-refractivity contribution < 1.29 is 14.7 Å². The van der Waals surface area contributed by atoms with E-state index in [1.165, 1.54) is 0 Å². The third-order valence-electron chi connectivity index (χ3n) is 5.19. The van der Waals surface area contributed by atoms with Crippen LogP contribution in [0.2, 0.25) is 0 Å². The predicted octanol–water partition coefficient (Wildman–Crippen LogP) is 2.74. The van der Waals surface area contributed by atoms with E-state index in [1.807, 2.05) is 60.4 Å². The minimum absolute atomic E-state index is 0.0598. The minimum atomic E-state index is -0.781. The van der Waals surface area contributed by atoms with Gasteiger partial charge in [0.25, 0.3) is 0 Å². The summed E-state index contributed by atoms with van der Waals surface area (Å²) in [5.74, 6) is -1.19. The van der Waals surface area contributed by atoms with Crippen LogP contribution in [-0.4, -0.2) is 41.5 Å². The number of nitrogens with one attached hydrogen (secondary N) is 1. The van der Waals surface area contributed by atoms with Crippen LogP contribution in [0.5, 0.6) is 0 Å². The van der Waals surface area contributed by atoms with E-state index in [-0.39, 0.29) is 24.4 Å². The standard InChI is InChI=1S/C22H26N2O3/c1-16-13-24(14-19(16)22(26)27)15-21(25)23-20(18-10-6-3-7-11-18)12-17-8-4-2-5-9-17/h2-11,16,19-20H,12-15H2,1H3,(H,23,25)(H,26,27)/t16-,19-,20?/m1/s1. The summed E-state index contributed by atoms with van der Waals surface area (Å²) in [6, 6.07) is 19.9. The molecule has 2 N–H and O–H groups in total. The highest BCUT2D eigenvalue weighted by molar-refractivity contribution is 5.79. The molecular weight excluding hydrogens is 340 g/mol. The minimum Gasteiger partial charge on any atom is -0.481 e. The molecule has 0 aromatic heterocycles. The highest BCUT2D eigenvalue weighted by atomic mass is 16.4. The third kappa shape index (κ3) is 5.17. The molecule has 0 spiro atoms. The Morgan fingerprint density at radius 3 is 2.30 bits per heavy atom. The summed E-state index contributed by atoms with van der Waals surface area (Å²) < 4.78 is 0. The van der Waals surface area contributed by atoms with Gasteiger partial charge in [-0.05, 0) is 23.5 Å². The molecule has 1 unspecified atom stereocenters. The average molecular weight is 366 g/mol. The Hall–Kier alpha value is -2.66. The zero-order valence-corrected chi connectivity index (χ0v) is 15.5. The van der Waals surface area contributed by atoms with Crippen LogP contribution in [0.25, 0.3) is 0 Å². The lowest BCUT2D eigenvalue weighted by Gasteiger charge is -2.22. The van der Waals surface area contributed by atoms with Gasteiger partial charge in [0.1, 0.15) is 0 Å². The fourth-order valence-corrected chi connectivity index (χ4v) is 3.75. The molecule has 0 saturated carbocycles. The zero-order chi connectivity index (χ0) is 19.2. The second kappa shape index (κ2) is 8.82. The molecule has 1 heterocycles. The monoisotopic (exact) mass is 366 g/mol. The van der Waals surface area contributed by atoms with Crippen molar-refractivity contribution in [3.63, 3.8) is 0 Å². The number of carboxylic acid groups (broad SMARTS) is 1. The van der Waals surface area contributed by atoms with Gasteiger partial charge in [-0.3, -0.25) is 14.5 Å². The van der Waals surface area contributed by atoms with Gasteiger partial charge in [0.05, 0.1) is 18.5 Å². The van der Waals surface area contributed by atoms with Crippen molar-refractivity contribution in [2.75, 3.05) is 19.6 Å². The van der Waals surface area contributed by atoms with E-state index in [9.17, 15) is 14.7 Å². The fraction of sp³-hybridized carbons (Fsp3) is 0.364. The number of hydrogen-bond acceptors (Lipinski definition) is 3. The fourth-order valence-electron chi connectivity index (χ4n) is 3.75. The van der Waals surface area contributed by atoms with Gasteiger partial charge < -0.3 is 10.4 Å². The molecule has 1 aliphatic heterocycles. The number of aliphatic carboxylic acids is 1. The summed E-state index contributed by atoms with van der Waals surface area (Å²) >= 11 is 0. The first kappa shape index (κ1) is 19.1. The Morgan fingerprint density at radius 2 is 1.70 bits per heavy atom. The molecule has 1 amide bonds. The number of carboxylic acids is 1. The van der Waals surface area contributed by atoms with Crippen molar-refractivity contribution in [3.05, 3.63) is 71.8 Å². The Balaban J connectivity index is 1.65. The lowest BCUT2D eigenvalue weighted by Crippen LogP contribution is -2.39. The number of rotatable bonds is 7. The van der Waals surface area contributed by atoms with Crippen molar-refractivity contribution in [1.29, 1.82) is 0 Å². The van der Waals surface area contributed by atoms with Gasteiger partial charge in [0.15, 0.2) is 0 Å². The SMILES string of the molecule is C[C@@H]1CN(CC(=O)NC(Cc2ccccc2)c2ccccc2)C[C@H]1C(=O)O. The molecule has 0 radical (unpaired) electrons. The van der Waals surface area contributed by atoms with E-state index >= 15 is 0 Å². The van der Waals surface area contributed by atoms with Crippen LogP contribution in [0.3, 0.4) is 0 Å². The summed E-state index contributed by atoms with van der Waals surface area (Å²) in [6.45, 7) is 3.22. The van der Waals surface area contributed by atoms with Gasteiger partial charge in [-0.1, -0.05) is 67.6 Å². The van der Waals surface area contributed by atoms with E-state index in [2.05, 4.69) is 17.4 Å². The molecular formula is C22H26N2O3. The van der Waals surface area contributed by atoms with Crippen LogP contribution < -0.4 is 5.32 Å². The van der Waals surface area contributed by atoms with E-state index in [0.717, 1.165) is 11.1 Å². The quantitative estimate of drug-likeness (QED) is 0.791. The maximum atomic E-state index is 12.7. The number of hydrogen-bond donors (Lipinski definition) is 2. The van der Waals surface area contributed by atoms with E-state index in [0.29, 0.717) is 19.5 Å². The zero-order valence-electron chi connectivity index (χ0n) is 15.5. The van der Waals surface area contributed by atoms with Gasteiger partial charge in [-0.2, -0.15) is 0 Å². The van der Waals surface area contributed by atoms with Crippen LogP contribution >= 0.6 is 0 Å². The molecule has 142 valence electrons. The second-order valence-electron chi connectivity index (χ2n) is 7.34. The maximum Gasteiger partial charge on any atom is 0.308 e. The van der Waals surface area contributed by atoms with Gasteiger partial charge in [0, 0.05) is 13.1 Å². The Bertz CT molecular complexity index is 764. The molecule has 2 aromatic rings. The average Bonchev–Trinajstić information content (AvgIpc) is 3.03. The summed E-state index contributed by atoms with van der Waals surface area (Å²) in [4.78, 5) is 25.9. The Labute approximate surface area is 160 Å². The first-order valence-corrected chi connectivity index (χ1v) is 9.36. The molecule has 5 heteroatoms. The number of carbonyl (C=O) groups excluding carboxylic acids is 1. The van der Waals surface area contributed by atoms with Gasteiger partial charge in [-0.15, -0.1) is 0 Å². The van der Waals surface area contributed by atoms with Crippen molar-refractivity contribution in [2.24, 2.45) is 11.8 Å². The van der Waals surface area contributed by atoms with Crippen molar-refractivity contribution in [3.8, 4) is 0 Å². The Kier molecular flexibility index (Phi) is 6.24. The summed E-state index contributed by atoms with van der Waals surface area (Å²) in [5.41, 5.74) is 2.22. The molecule has 1 fully saturated rings. The van der Waals surface area contributed by atoms with Crippen molar-refractivity contribution in [2.45, 2.75) is 19.4 Å². The highest BCUT2D eigenvalue weighted by Gasteiger charge is 2.35. The van der Waals surface area contributed by atoms with E-state index in [1.54, 1.807) is 0 Å². The molecule has 2 aromatic carbocycles. The first-order valence-electron chi connectivity index (χ1n) is 9.36. The number of amides is 1. The predicted molar refractivity (Wildman–Crippen MR) is 104 cm³/mol. The lowest BCUT2D eigenvalue weighted by atomic mass is 9.99.